The molecule has 0 N–H and O–H groups in total. The van der Waals surface area contributed by atoms with Crippen LogP contribution in [0, 0.1) is 16.0 Å². The molecule has 0 saturated carbocycles. The number of amides is 1. The molecule has 29 heavy (non-hydrogen) atoms. The molecule has 9 heteroatoms. The zero-order valence-corrected chi connectivity index (χ0v) is 17.6. The Bertz CT molecular complexity index is 924. The number of hydrogen-bond donors (Lipinski definition) is 0. The van der Waals surface area contributed by atoms with Gasteiger partial charge in [0.05, 0.1) is 34.1 Å². The molecule has 0 unspecified atom stereocenters. The summed E-state index contributed by atoms with van der Waals surface area (Å²) in [5, 5.41) is 11.5. The highest BCUT2D eigenvalue weighted by Gasteiger charge is 2.47. The molecule has 2 heterocycles. The zero-order valence-electron chi connectivity index (χ0n) is 16.7. The van der Waals surface area contributed by atoms with Gasteiger partial charge in [-0.1, -0.05) is 44.7 Å². The Kier molecular flexibility index (Phi) is 6.07. The van der Waals surface area contributed by atoms with Crippen LogP contribution in [0.5, 0.6) is 0 Å². The molecule has 2 aliphatic rings. The lowest BCUT2D eigenvalue weighted by Gasteiger charge is -2.33. The Morgan fingerprint density at radius 2 is 2.14 bits per heavy atom. The third kappa shape index (κ3) is 4.05. The molecule has 0 aromatic heterocycles. The van der Waals surface area contributed by atoms with Gasteiger partial charge in [-0.2, -0.15) is 0 Å². The van der Waals surface area contributed by atoms with Crippen molar-refractivity contribution in [2.24, 2.45) is 10.9 Å². The van der Waals surface area contributed by atoms with Crippen molar-refractivity contribution in [1.82, 2.24) is 4.90 Å². The van der Waals surface area contributed by atoms with E-state index in [1.165, 1.54) is 28.8 Å². The van der Waals surface area contributed by atoms with E-state index in [-0.39, 0.29) is 34.9 Å². The number of nitrogens with zero attached hydrogens (tertiary/aromatic N) is 3. The molecule has 154 valence electrons. The SMILES string of the molecule is CC[C@H]1SC2=NC(C)=C(C(=O)OCC(C)C)[C@H](c3cccc([N+](=O)[O-])c3)N2C1=O. The number of thioether (sulfide) groups is 1. The number of nitro groups is 1. The normalized spacial score (nSPS) is 21.3. The molecule has 8 nitrogen and oxygen atoms in total. The van der Waals surface area contributed by atoms with Gasteiger partial charge in [0.2, 0.25) is 5.91 Å². The number of non-ortho nitro benzene ring substituents is 1. The first-order chi connectivity index (χ1) is 13.7. The maximum absolute atomic E-state index is 13.0. The van der Waals surface area contributed by atoms with E-state index in [1.807, 2.05) is 20.8 Å². The number of amidine groups is 1. The minimum Gasteiger partial charge on any atom is -0.462 e. The minimum atomic E-state index is -0.807. The standard InChI is InChI=1S/C20H23N3O5S/c1-5-15-18(24)22-17(13-7-6-8-14(9-13)23(26)27)16(12(4)21-20(22)29-15)19(25)28-10-11(2)3/h6-9,11,15,17H,5,10H2,1-4H3/t15-,17+/m1/s1. The Balaban J connectivity index is 2.11. The van der Waals surface area contributed by atoms with E-state index >= 15 is 0 Å². The van der Waals surface area contributed by atoms with Crippen LogP contribution in [0.15, 0.2) is 40.5 Å². The van der Waals surface area contributed by atoms with Crippen LogP contribution in [-0.2, 0) is 14.3 Å². The quantitative estimate of drug-likeness (QED) is 0.396. The smallest absolute Gasteiger partial charge is 0.338 e. The van der Waals surface area contributed by atoms with E-state index < -0.39 is 16.9 Å². The van der Waals surface area contributed by atoms with Gasteiger partial charge in [-0.15, -0.1) is 0 Å². The highest BCUT2D eigenvalue weighted by atomic mass is 32.2. The van der Waals surface area contributed by atoms with E-state index in [0.717, 1.165) is 0 Å². The van der Waals surface area contributed by atoms with E-state index in [9.17, 15) is 19.7 Å². The lowest BCUT2D eigenvalue weighted by molar-refractivity contribution is -0.384. The molecule has 1 saturated heterocycles. The Labute approximate surface area is 173 Å². The maximum atomic E-state index is 13.0. The average molecular weight is 417 g/mol. The molecular weight excluding hydrogens is 394 g/mol. The summed E-state index contributed by atoms with van der Waals surface area (Å²) in [6.07, 6.45) is 0.618. The van der Waals surface area contributed by atoms with Crippen molar-refractivity contribution >= 4 is 34.5 Å². The second-order valence-electron chi connectivity index (χ2n) is 7.36. The number of esters is 1. The number of ether oxygens (including phenoxy) is 1. The fourth-order valence-electron chi connectivity index (χ4n) is 3.29. The van der Waals surface area contributed by atoms with E-state index in [4.69, 9.17) is 4.74 Å². The third-order valence-corrected chi connectivity index (χ3v) is 6.00. The second-order valence-corrected chi connectivity index (χ2v) is 8.53. The van der Waals surface area contributed by atoms with Gasteiger partial charge in [0, 0.05) is 12.1 Å². The maximum Gasteiger partial charge on any atom is 0.338 e. The Morgan fingerprint density at radius 3 is 2.76 bits per heavy atom. The van der Waals surface area contributed by atoms with Crippen molar-refractivity contribution in [3.05, 3.63) is 51.2 Å². The predicted octanol–water partition coefficient (Wildman–Crippen LogP) is 3.83. The van der Waals surface area contributed by atoms with Crippen LogP contribution in [-0.4, -0.2) is 38.7 Å². The number of nitro benzene ring substituents is 1. The van der Waals surface area contributed by atoms with Crippen molar-refractivity contribution < 1.29 is 19.2 Å². The fraction of sp³-hybridized carbons (Fsp3) is 0.450. The van der Waals surface area contributed by atoms with Gasteiger partial charge in [-0.25, -0.2) is 9.79 Å². The molecule has 3 rings (SSSR count). The molecule has 0 aliphatic carbocycles. The first-order valence-electron chi connectivity index (χ1n) is 9.45. The van der Waals surface area contributed by atoms with Crippen LogP contribution in [0.2, 0.25) is 0 Å². The molecule has 0 bridgehead atoms. The average Bonchev–Trinajstić information content (AvgIpc) is 3.00. The number of allylic oxidation sites excluding steroid dienone is 1. The van der Waals surface area contributed by atoms with Gasteiger partial charge < -0.3 is 4.74 Å². The minimum absolute atomic E-state index is 0.106. The lowest BCUT2D eigenvalue weighted by Crippen LogP contribution is -2.41. The molecule has 1 aromatic carbocycles. The highest BCUT2D eigenvalue weighted by Crippen LogP contribution is 2.44. The van der Waals surface area contributed by atoms with Gasteiger partial charge in [-0.05, 0) is 24.8 Å². The number of benzene rings is 1. The third-order valence-electron chi connectivity index (χ3n) is 4.69. The topological polar surface area (TPSA) is 102 Å². The van der Waals surface area contributed by atoms with Crippen LogP contribution < -0.4 is 0 Å². The number of carbonyl (C=O) groups excluding carboxylic acids is 2. The predicted molar refractivity (Wildman–Crippen MR) is 110 cm³/mol. The van der Waals surface area contributed by atoms with Gasteiger partial charge in [0.1, 0.15) is 0 Å². The number of carbonyl (C=O) groups is 2. The number of rotatable bonds is 6. The van der Waals surface area contributed by atoms with E-state index in [0.29, 0.717) is 22.8 Å². The van der Waals surface area contributed by atoms with Gasteiger partial charge >= 0.3 is 5.97 Å². The van der Waals surface area contributed by atoms with Crippen molar-refractivity contribution in [2.45, 2.75) is 45.4 Å². The molecule has 2 aliphatic heterocycles. The largest absolute Gasteiger partial charge is 0.462 e. The Hall–Kier alpha value is -2.68. The molecular formula is C20H23N3O5S. The van der Waals surface area contributed by atoms with E-state index in [1.54, 1.807) is 19.1 Å². The summed E-state index contributed by atoms with van der Waals surface area (Å²) in [5.74, 6) is -0.574. The molecule has 1 aromatic rings. The Morgan fingerprint density at radius 1 is 1.41 bits per heavy atom. The summed E-state index contributed by atoms with van der Waals surface area (Å²) < 4.78 is 5.43. The number of aliphatic imine (C=N–C) groups is 1. The second kappa shape index (κ2) is 8.36. The zero-order chi connectivity index (χ0) is 21.3. The molecule has 2 atom stereocenters. The van der Waals surface area contributed by atoms with Crippen LogP contribution in [0.1, 0.15) is 45.7 Å². The summed E-state index contributed by atoms with van der Waals surface area (Å²) in [5.41, 5.74) is 1.07. The summed E-state index contributed by atoms with van der Waals surface area (Å²) in [6, 6.07) is 5.20. The van der Waals surface area contributed by atoms with E-state index in [2.05, 4.69) is 4.99 Å². The summed E-state index contributed by atoms with van der Waals surface area (Å²) in [6.45, 7) is 7.69. The number of fused-ring (bicyclic) bond motifs is 1. The first kappa shape index (κ1) is 21.0. The van der Waals surface area contributed by atoms with Crippen LogP contribution >= 0.6 is 11.8 Å². The summed E-state index contributed by atoms with van der Waals surface area (Å²) in [4.78, 5) is 42.7. The fourth-order valence-corrected chi connectivity index (χ4v) is 4.43. The van der Waals surface area contributed by atoms with Gasteiger partial charge in [0.25, 0.3) is 5.69 Å². The lowest BCUT2D eigenvalue weighted by atomic mass is 9.94. The van der Waals surface area contributed by atoms with Crippen LogP contribution in [0.4, 0.5) is 5.69 Å². The highest BCUT2D eigenvalue weighted by molar-refractivity contribution is 8.15. The summed E-state index contributed by atoms with van der Waals surface area (Å²) >= 11 is 1.35. The number of hydrogen-bond acceptors (Lipinski definition) is 7. The van der Waals surface area contributed by atoms with Gasteiger partial charge in [-0.3, -0.25) is 19.8 Å². The molecule has 1 amide bonds. The van der Waals surface area contributed by atoms with Crippen LogP contribution in [0.3, 0.4) is 0 Å². The first-order valence-corrected chi connectivity index (χ1v) is 10.3. The molecule has 0 radical (unpaired) electrons. The molecule has 0 spiro atoms. The van der Waals surface area contributed by atoms with Crippen molar-refractivity contribution in [3.8, 4) is 0 Å². The van der Waals surface area contributed by atoms with Crippen molar-refractivity contribution in [1.29, 1.82) is 0 Å². The summed E-state index contributed by atoms with van der Waals surface area (Å²) in [7, 11) is 0. The van der Waals surface area contributed by atoms with Crippen molar-refractivity contribution in [3.63, 3.8) is 0 Å². The van der Waals surface area contributed by atoms with Gasteiger partial charge in [0.15, 0.2) is 5.17 Å². The van der Waals surface area contributed by atoms with Crippen LogP contribution in [0.25, 0.3) is 0 Å². The van der Waals surface area contributed by atoms with Crippen molar-refractivity contribution in [2.75, 3.05) is 6.61 Å². The molecule has 1 fully saturated rings. The monoisotopic (exact) mass is 417 g/mol.